The predicted octanol–water partition coefficient (Wildman–Crippen LogP) is 2.09. The highest BCUT2D eigenvalue weighted by molar-refractivity contribution is 6.06. The van der Waals surface area contributed by atoms with Crippen LogP contribution in [0.25, 0.3) is 0 Å². The van der Waals surface area contributed by atoms with Crippen molar-refractivity contribution in [3.8, 4) is 0 Å². The molecule has 0 aromatic heterocycles. The van der Waals surface area contributed by atoms with Gasteiger partial charge < -0.3 is 9.47 Å². The Balaban J connectivity index is 2.17. The van der Waals surface area contributed by atoms with Crippen molar-refractivity contribution in [1.82, 2.24) is 4.90 Å². The van der Waals surface area contributed by atoms with Crippen molar-refractivity contribution in [2.24, 2.45) is 4.99 Å². The van der Waals surface area contributed by atoms with E-state index in [0.717, 1.165) is 0 Å². The molecule has 2 unspecified atom stereocenters. The van der Waals surface area contributed by atoms with Crippen LogP contribution in [0.5, 0.6) is 0 Å². The molecule has 0 saturated carbocycles. The number of carbonyl (C=O) groups excluding carboxylic acids is 2. The largest absolute Gasteiger partial charge is 0.463 e. The normalized spacial score (nSPS) is 21.9. The maximum atomic E-state index is 12.6. The Morgan fingerprint density at radius 3 is 2.85 bits per heavy atom. The number of benzene rings is 1. The van der Waals surface area contributed by atoms with Crippen LogP contribution in [-0.2, 0) is 19.1 Å². The number of hydrogen-bond acceptors (Lipinski definition) is 7. The molecule has 1 amide bonds. The molecule has 2 atom stereocenters. The predicted molar refractivity (Wildman–Crippen MR) is 90.0 cm³/mol. The van der Waals surface area contributed by atoms with Gasteiger partial charge in [-0.1, -0.05) is 12.1 Å². The summed E-state index contributed by atoms with van der Waals surface area (Å²) in [5, 5.41) is 11.1. The maximum absolute atomic E-state index is 12.6. The van der Waals surface area contributed by atoms with Crippen LogP contribution < -0.4 is 0 Å². The van der Waals surface area contributed by atoms with Crippen LogP contribution in [0.3, 0.4) is 0 Å². The van der Waals surface area contributed by atoms with Crippen molar-refractivity contribution in [3.05, 3.63) is 51.2 Å². The van der Waals surface area contributed by atoms with Gasteiger partial charge in [0.2, 0.25) is 0 Å². The fourth-order valence-corrected chi connectivity index (χ4v) is 3.00. The number of fused-ring (bicyclic) bond motifs is 1. The maximum Gasteiger partial charge on any atom is 0.338 e. The van der Waals surface area contributed by atoms with Crippen LogP contribution in [0, 0.1) is 10.1 Å². The Labute approximate surface area is 149 Å². The number of amides is 1. The van der Waals surface area contributed by atoms with Gasteiger partial charge in [-0.15, -0.1) is 0 Å². The Morgan fingerprint density at radius 1 is 1.46 bits per heavy atom. The summed E-state index contributed by atoms with van der Waals surface area (Å²) in [5.74, 6) is -1.01. The van der Waals surface area contributed by atoms with E-state index in [1.807, 2.05) is 0 Å². The number of non-ortho nitro benzene ring substituents is 1. The third-order valence-corrected chi connectivity index (χ3v) is 4.15. The third-order valence-electron chi connectivity index (χ3n) is 4.15. The molecule has 0 spiro atoms. The van der Waals surface area contributed by atoms with Gasteiger partial charge in [-0.25, -0.2) is 9.79 Å². The molecular formula is C17H17N3O6. The minimum atomic E-state index is -0.904. The SMILES string of the molecule is CCOC(=O)C1=C(C)N=C2OC(C)C(=O)N2C1c1cccc([N+](=O)[O-])c1. The number of nitro benzene ring substituents is 1. The number of esters is 1. The van der Waals surface area contributed by atoms with Gasteiger partial charge in [0.1, 0.15) is 6.04 Å². The fourth-order valence-electron chi connectivity index (χ4n) is 3.00. The highest BCUT2D eigenvalue weighted by Crippen LogP contribution is 2.39. The Hall–Kier alpha value is -3.23. The molecule has 1 aromatic rings. The third kappa shape index (κ3) is 2.81. The second-order valence-corrected chi connectivity index (χ2v) is 5.84. The summed E-state index contributed by atoms with van der Waals surface area (Å²) >= 11 is 0. The molecule has 0 radical (unpaired) electrons. The lowest BCUT2D eigenvalue weighted by atomic mass is 9.94. The number of carbonyl (C=O) groups is 2. The first-order valence-corrected chi connectivity index (χ1v) is 8.05. The lowest BCUT2D eigenvalue weighted by Crippen LogP contribution is -2.40. The summed E-state index contributed by atoms with van der Waals surface area (Å²) in [5.41, 5.74) is 0.753. The van der Waals surface area contributed by atoms with Crippen LogP contribution >= 0.6 is 0 Å². The molecule has 2 aliphatic rings. The van der Waals surface area contributed by atoms with Gasteiger partial charge in [-0.05, 0) is 26.3 Å². The second-order valence-electron chi connectivity index (χ2n) is 5.84. The molecule has 1 fully saturated rings. The van der Waals surface area contributed by atoms with Crippen molar-refractivity contribution in [2.75, 3.05) is 6.61 Å². The molecule has 0 bridgehead atoms. The number of nitro groups is 1. The van der Waals surface area contributed by atoms with Gasteiger partial charge in [0.25, 0.3) is 11.6 Å². The molecule has 9 nitrogen and oxygen atoms in total. The number of ether oxygens (including phenoxy) is 2. The number of amidine groups is 1. The number of aliphatic imine (C=N–C) groups is 1. The minimum Gasteiger partial charge on any atom is -0.463 e. The molecule has 1 aromatic carbocycles. The minimum absolute atomic E-state index is 0.0737. The lowest BCUT2D eigenvalue weighted by Gasteiger charge is -2.31. The van der Waals surface area contributed by atoms with Crippen LogP contribution in [0.15, 0.2) is 40.5 Å². The first-order chi connectivity index (χ1) is 12.3. The number of hydrogen-bond donors (Lipinski definition) is 0. The zero-order valence-electron chi connectivity index (χ0n) is 14.5. The average molecular weight is 359 g/mol. The zero-order chi connectivity index (χ0) is 19.0. The molecule has 2 aliphatic heterocycles. The van der Waals surface area contributed by atoms with E-state index >= 15 is 0 Å². The Morgan fingerprint density at radius 2 is 2.19 bits per heavy atom. The molecule has 26 heavy (non-hydrogen) atoms. The monoisotopic (exact) mass is 359 g/mol. The molecular weight excluding hydrogens is 342 g/mol. The first-order valence-electron chi connectivity index (χ1n) is 8.05. The van der Waals surface area contributed by atoms with Crippen LogP contribution in [0.4, 0.5) is 5.69 Å². The number of nitrogens with zero attached hydrogens (tertiary/aromatic N) is 3. The Kier molecular flexibility index (Phi) is 4.45. The highest BCUT2D eigenvalue weighted by Gasteiger charge is 2.47. The zero-order valence-corrected chi connectivity index (χ0v) is 14.5. The van der Waals surface area contributed by atoms with Gasteiger partial charge >= 0.3 is 12.0 Å². The number of allylic oxidation sites excluding steroid dienone is 1. The number of rotatable bonds is 4. The fraction of sp³-hybridized carbons (Fsp3) is 0.353. The quantitative estimate of drug-likeness (QED) is 0.462. The van der Waals surface area contributed by atoms with E-state index in [0.29, 0.717) is 11.3 Å². The van der Waals surface area contributed by atoms with E-state index < -0.39 is 23.0 Å². The lowest BCUT2D eigenvalue weighted by molar-refractivity contribution is -0.384. The van der Waals surface area contributed by atoms with Gasteiger partial charge in [-0.3, -0.25) is 19.8 Å². The summed E-state index contributed by atoms with van der Waals surface area (Å²) in [6.07, 6.45) is -0.760. The summed E-state index contributed by atoms with van der Waals surface area (Å²) < 4.78 is 10.6. The van der Waals surface area contributed by atoms with Crippen molar-refractivity contribution in [2.45, 2.75) is 32.9 Å². The smallest absolute Gasteiger partial charge is 0.338 e. The summed E-state index contributed by atoms with van der Waals surface area (Å²) in [6, 6.07) is 4.96. The summed E-state index contributed by atoms with van der Waals surface area (Å²) in [6.45, 7) is 5.00. The Bertz CT molecular complexity index is 860. The molecule has 2 heterocycles. The van der Waals surface area contributed by atoms with Gasteiger partial charge in [0.15, 0.2) is 6.10 Å². The van der Waals surface area contributed by atoms with E-state index in [4.69, 9.17) is 9.47 Å². The van der Waals surface area contributed by atoms with Gasteiger partial charge in [0.05, 0.1) is 22.8 Å². The van der Waals surface area contributed by atoms with Crippen molar-refractivity contribution in [3.63, 3.8) is 0 Å². The molecule has 9 heteroatoms. The highest BCUT2D eigenvalue weighted by atomic mass is 16.6. The standard InChI is InChI=1S/C17H17N3O6/c1-4-25-16(22)13-9(2)18-17-19(15(21)10(3)26-17)14(13)11-6-5-7-12(8-11)20(23)24/h5-8,10,14H,4H2,1-3H3. The topological polar surface area (TPSA) is 111 Å². The average Bonchev–Trinajstić information content (AvgIpc) is 2.87. The summed E-state index contributed by atoms with van der Waals surface area (Å²) in [7, 11) is 0. The van der Waals surface area contributed by atoms with Crippen molar-refractivity contribution < 1.29 is 24.0 Å². The second kappa shape index (κ2) is 6.58. The van der Waals surface area contributed by atoms with E-state index in [9.17, 15) is 19.7 Å². The summed E-state index contributed by atoms with van der Waals surface area (Å²) in [4.78, 5) is 41.2. The molecule has 0 aliphatic carbocycles. The van der Waals surface area contributed by atoms with E-state index in [1.165, 1.54) is 23.1 Å². The van der Waals surface area contributed by atoms with E-state index in [2.05, 4.69) is 4.99 Å². The van der Waals surface area contributed by atoms with E-state index in [1.54, 1.807) is 26.8 Å². The van der Waals surface area contributed by atoms with Crippen LogP contribution in [-0.4, -0.2) is 40.4 Å². The molecule has 1 saturated heterocycles. The van der Waals surface area contributed by atoms with Crippen molar-refractivity contribution >= 4 is 23.6 Å². The van der Waals surface area contributed by atoms with Crippen LogP contribution in [0.1, 0.15) is 32.4 Å². The molecule has 136 valence electrons. The van der Waals surface area contributed by atoms with E-state index in [-0.39, 0.29) is 29.8 Å². The van der Waals surface area contributed by atoms with Crippen molar-refractivity contribution in [1.29, 1.82) is 0 Å². The molecule has 0 N–H and O–H groups in total. The van der Waals surface area contributed by atoms with Crippen LogP contribution in [0.2, 0.25) is 0 Å². The van der Waals surface area contributed by atoms with Gasteiger partial charge in [0, 0.05) is 12.1 Å². The first kappa shape index (κ1) is 17.6. The molecule has 3 rings (SSSR count). The van der Waals surface area contributed by atoms with Gasteiger partial charge in [-0.2, -0.15) is 0 Å².